The fourth-order valence-electron chi connectivity index (χ4n) is 4.80. The van der Waals surface area contributed by atoms with Crippen LogP contribution in [0.3, 0.4) is 0 Å². The van der Waals surface area contributed by atoms with Crippen molar-refractivity contribution in [3.63, 3.8) is 0 Å². The summed E-state index contributed by atoms with van der Waals surface area (Å²) in [7, 11) is 3.67. The normalized spacial score (nSPS) is 22.5. The van der Waals surface area contributed by atoms with Crippen LogP contribution in [0.2, 0.25) is 0 Å². The van der Waals surface area contributed by atoms with Crippen LogP contribution >= 0.6 is 0 Å². The van der Waals surface area contributed by atoms with Gasteiger partial charge in [-0.25, -0.2) is 0 Å². The van der Waals surface area contributed by atoms with Crippen LogP contribution in [0.25, 0.3) is 0 Å². The quantitative estimate of drug-likeness (QED) is 0.469. The van der Waals surface area contributed by atoms with E-state index < -0.39 is 0 Å². The second-order valence-corrected chi connectivity index (χ2v) is 11.1. The van der Waals surface area contributed by atoms with Crippen LogP contribution in [0.1, 0.15) is 38.8 Å². The van der Waals surface area contributed by atoms with Crippen LogP contribution in [0, 0.1) is 0 Å². The molecule has 2 aromatic rings. The molecule has 2 unspecified atom stereocenters. The van der Waals surface area contributed by atoms with Gasteiger partial charge >= 0.3 is 0 Å². The maximum atomic E-state index is 12.4. The van der Waals surface area contributed by atoms with Crippen LogP contribution in [-0.4, -0.2) is 72.3 Å². The molecule has 2 saturated heterocycles. The standard InChI is InChI=1S/C30H40N4O4/c1-29(2)31-25(27(35)33(29)5)19-21-9-13-23(14-10-21)37-17-7-8-18-38-24-15-11-22(12-16-24)20-26-28(36)34(6)30(3,4)32-26/h7-16,25-26,31-32H,17-20H2,1-6H3/b8-7+. The van der Waals surface area contributed by atoms with Gasteiger partial charge in [0.05, 0.1) is 23.4 Å². The molecule has 2 fully saturated rings. The van der Waals surface area contributed by atoms with Crippen LogP contribution in [0.5, 0.6) is 11.5 Å². The molecule has 2 amide bonds. The average Bonchev–Trinajstić information content (AvgIpc) is 3.20. The Balaban J connectivity index is 1.15. The fraction of sp³-hybridized carbons (Fsp3) is 0.467. The van der Waals surface area contributed by atoms with E-state index in [4.69, 9.17) is 9.47 Å². The van der Waals surface area contributed by atoms with Crippen molar-refractivity contribution in [2.45, 2.75) is 63.9 Å². The van der Waals surface area contributed by atoms with Crippen molar-refractivity contribution >= 4 is 11.8 Å². The zero-order valence-electron chi connectivity index (χ0n) is 23.3. The summed E-state index contributed by atoms with van der Waals surface area (Å²) >= 11 is 0. The summed E-state index contributed by atoms with van der Waals surface area (Å²) < 4.78 is 11.6. The highest BCUT2D eigenvalue weighted by Crippen LogP contribution is 2.23. The van der Waals surface area contributed by atoms with Gasteiger partial charge in [0.2, 0.25) is 11.8 Å². The summed E-state index contributed by atoms with van der Waals surface area (Å²) in [4.78, 5) is 28.4. The van der Waals surface area contributed by atoms with Crippen molar-refractivity contribution in [1.29, 1.82) is 0 Å². The van der Waals surface area contributed by atoms with E-state index in [0.29, 0.717) is 26.1 Å². The van der Waals surface area contributed by atoms with E-state index in [0.717, 1.165) is 22.6 Å². The minimum absolute atomic E-state index is 0.119. The number of amides is 2. The van der Waals surface area contributed by atoms with Gasteiger partial charge in [-0.2, -0.15) is 0 Å². The summed E-state index contributed by atoms with van der Waals surface area (Å²) in [5, 5.41) is 6.78. The first-order valence-electron chi connectivity index (χ1n) is 13.2. The maximum Gasteiger partial charge on any atom is 0.241 e. The maximum absolute atomic E-state index is 12.4. The largest absolute Gasteiger partial charge is 0.490 e. The molecule has 0 aromatic heterocycles. The second-order valence-electron chi connectivity index (χ2n) is 11.1. The number of ether oxygens (including phenoxy) is 2. The number of hydrogen-bond donors (Lipinski definition) is 2. The lowest BCUT2D eigenvalue weighted by Crippen LogP contribution is -2.45. The SMILES string of the molecule is CN1C(=O)C(Cc2ccc(OC/C=C/COc3ccc(CC4NC(C)(C)N(C)C4=O)cc3)cc2)NC1(C)C. The minimum Gasteiger partial charge on any atom is -0.490 e. The van der Waals surface area contributed by atoms with Crippen molar-refractivity contribution in [3.8, 4) is 11.5 Å². The molecule has 2 aromatic carbocycles. The Bertz CT molecular complexity index is 1070. The summed E-state index contributed by atoms with van der Waals surface area (Å²) in [6.45, 7) is 8.92. The highest BCUT2D eigenvalue weighted by molar-refractivity contribution is 5.85. The van der Waals surface area contributed by atoms with E-state index >= 15 is 0 Å². The molecule has 0 aliphatic carbocycles. The first-order valence-corrected chi connectivity index (χ1v) is 13.2. The van der Waals surface area contributed by atoms with Gasteiger partial charge in [0.25, 0.3) is 0 Å². The summed E-state index contributed by atoms with van der Waals surface area (Å²) in [5.74, 6) is 1.80. The number of benzene rings is 2. The zero-order chi connectivity index (χ0) is 27.5. The van der Waals surface area contributed by atoms with E-state index in [1.54, 1.807) is 9.80 Å². The predicted molar refractivity (Wildman–Crippen MR) is 148 cm³/mol. The van der Waals surface area contributed by atoms with Crippen molar-refractivity contribution in [3.05, 3.63) is 71.8 Å². The molecule has 2 heterocycles. The molecular formula is C30H40N4O4. The van der Waals surface area contributed by atoms with E-state index in [9.17, 15) is 9.59 Å². The van der Waals surface area contributed by atoms with Crippen LogP contribution in [-0.2, 0) is 22.4 Å². The molecule has 2 atom stereocenters. The van der Waals surface area contributed by atoms with Crippen LogP contribution in [0.15, 0.2) is 60.7 Å². The monoisotopic (exact) mass is 520 g/mol. The molecule has 4 rings (SSSR count). The number of likely N-dealkylation sites (N-methyl/N-ethyl adjacent to an activating group) is 2. The first-order chi connectivity index (χ1) is 18.0. The van der Waals surface area contributed by atoms with E-state index in [1.165, 1.54) is 0 Å². The van der Waals surface area contributed by atoms with E-state index in [1.807, 2.05) is 102 Å². The van der Waals surface area contributed by atoms with Crippen LogP contribution < -0.4 is 20.1 Å². The smallest absolute Gasteiger partial charge is 0.241 e. The number of nitrogens with one attached hydrogen (secondary N) is 2. The Hall–Kier alpha value is -3.36. The molecule has 204 valence electrons. The topological polar surface area (TPSA) is 83.1 Å². The first kappa shape index (κ1) is 27.7. The number of hydrogen-bond acceptors (Lipinski definition) is 6. The number of rotatable bonds is 10. The Morgan fingerprint density at radius 3 is 1.32 bits per heavy atom. The molecule has 0 spiro atoms. The molecule has 38 heavy (non-hydrogen) atoms. The molecule has 2 N–H and O–H groups in total. The predicted octanol–water partition coefficient (Wildman–Crippen LogP) is 3.12. The van der Waals surface area contributed by atoms with Gasteiger partial charge in [0.1, 0.15) is 24.7 Å². The average molecular weight is 521 g/mol. The van der Waals surface area contributed by atoms with Gasteiger partial charge in [-0.05, 0) is 88.1 Å². The second kappa shape index (κ2) is 11.2. The molecule has 0 saturated carbocycles. The third-order valence-electron chi connectivity index (χ3n) is 7.57. The lowest BCUT2D eigenvalue weighted by Gasteiger charge is -2.27. The Kier molecular flexibility index (Phi) is 8.13. The highest BCUT2D eigenvalue weighted by atomic mass is 16.5. The Labute approximate surface area is 226 Å². The lowest BCUT2D eigenvalue weighted by atomic mass is 10.1. The Morgan fingerprint density at radius 2 is 1.03 bits per heavy atom. The van der Waals surface area contributed by atoms with Gasteiger partial charge in [0, 0.05) is 14.1 Å². The zero-order valence-corrected chi connectivity index (χ0v) is 23.3. The van der Waals surface area contributed by atoms with Crippen molar-refractivity contribution in [2.24, 2.45) is 0 Å². The van der Waals surface area contributed by atoms with Crippen LogP contribution in [0.4, 0.5) is 0 Å². The summed E-state index contributed by atoms with van der Waals surface area (Å²) in [6, 6.07) is 15.3. The molecule has 2 aliphatic heterocycles. The van der Waals surface area contributed by atoms with Gasteiger partial charge in [-0.3, -0.25) is 20.2 Å². The molecule has 0 radical (unpaired) electrons. The number of carbonyl (C=O) groups excluding carboxylic acids is 2. The highest BCUT2D eigenvalue weighted by Gasteiger charge is 2.42. The Morgan fingerprint density at radius 1 is 0.684 bits per heavy atom. The molecule has 8 nitrogen and oxygen atoms in total. The molecule has 0 bridgehead atoms. The van der Waals surface area contributed by atoms with E-state index in [-0.39, 0.29) is 35.2 Å². The summed E-state index contributed by atoms with van der Waals surface area (Å²) in [5.41, 5.74) is 1.53. The van der Waals surface area contributed by atoms with Crippen molar-refractivity contribution < 1.29 is 19.1 Å². The number of carbonyl (C=O) groups is 2. The van der Waals surface area contributed by atoms with Gasteiger partial charge < -0.3 is 19.3 Å². The molecular weight excluding hydrogens is 480 g/mol. The lowest BCUT2D eigenvalue weighted by molar-refractivity contribution is -0.130. The van der Waals surface area contributed by atoms with Crippen molar-refractivity contribution in [1.82, 2.24) is 20.4 Å². The van der Waals surface area contributed by atoms with E-state index in [2.05, 4.69) is 10.6 Å². The van der Waals surface area contributed by atoms with Gasteiger partial charge in [-0.15, -0.1) is 0 Å². The minimum atomic E-state index is -0.326. The van der Waals surface area contributed by atoms with Gasteiger partial charge in [-0.1, -0.05) is 24.3 Å². The third-order valence-corrected chi connectivity index (χ3v) is 7.57. The van der Waals surface area contributed by atoms with Gasteiger partial charge in [0.15, 0.2) is 0 Å². The molecule has 8 heteroatoms. The fourth-order valence-corrected chi connectivity index (χ4v) is 4.80. The van der Waals surface area contributed by atoms with Crippen molar-refractivity contribution in [2.75, 3.05) is 27.3 Å². The summed E-state index contributed by atoms with van der Waals surface area (Å²) in [6.07, 6.45) is 5.15. The number of nitrogens with zero attached hydrogens (tertiary/aromatic N) is 2. The molecule has 2 aliphatic rings. The third kappa shape index (κ3) is 6.37.